The highest BCUT2D eigenvalue weighted by molar-refractivity contribution is 7.93. The zero-order valence-electron chi connectivity index (χ0n) is 9.36. The summed E-state index contributed by atoms with van der Waals surface area (Å²) in [6.45, 7) is 7.67. The molecule has 4 nitrogen and oxygen atoms in total. The van der Waals surface area contributed by atoms with E-state index in [2.05, 4.69) is 0 Å². The third-order valence-corrected chi connectivity index (χ3v) is 10.9. The molecule has 0 saturated carbocycles. The number of morpholine rings is 1. The molecule has 90 valence electrons. The first-order chi connectivity index (χ1) is 6.76. The van der Waals surface area contributed by atoms with Gasteiger partial charge in [-0.3, -0.25) is 0 Å². The summed E-state index contributed by atoms with van der Waals surface area (Å²) in [5.41, 5.74) is 0. The van der Waals surface area contributed by atoms with Crippen LogP contribution < -0.4 is 0 Å². The first-order valence-corrected chi connectivity index (χ1v) is 10.5. The van der Waals surface area contributed by atoms with Gasteiger partial charge in [-0.1, -0.05) is 19.6 Å². The SMILES string of the molecule is C[Si](C)(C)C(Cl)S(=O)(=O)N1CCOCC1. The van der Waals surface area contributed by atoms with E-state index >= 15 is 0 Å². The van der Waals surface area contributed by atoms with Gasteiger partial charge in [0.1, 0.15) is 4.33 Å². The summed E-state index contributed by atoms with van der Waals surface area (Å²) in [7, 11) is -5.22. The Hall–Kier alpha value is 0.377. The molecule has 0 aromatic carbocycles. The maximum Gasteiger partial charge on any atom is 0.228 e. The lowest BCUT2D eigenvalue weighted by Crippen LogP contribution is -2.50. The molecule has 1 heterocycles. The Morgan fingerprint density at radius 1 is 1.27 bits per heavy atom. The van der Waals surface area contributed by atoms with Crippen molar-refractivity contribution in [1.29, 1.82) is 0 Å². The smallest absolute Gasteiger partial charge is 0.228 e. The number of sulfonamides is 1. The molecular weight excluding hydrogens is 254 g/mol. The fourth-order valence-electron chi connectivity index (χ4n) is 1.38. The van der Waals surface area contributed by atoms with Crippen molar-refractivity contribution >= 4 is 29.7 Å². The van der Waals surface area contributed by atoms with Gasteiger partial charge in [-0.05, 0) is 0 Å². The number of ether oxygens (including phenoxy) is 1. The molecule has 1 rings (SSSR count). The maximum absolute atomic E-state index is 12.1. The molecule has 0 bridgehead atoms. The first kappa shape index (κ1) is 13.4. The van der Waals surface area contributed by atoms with E-state index in [9.17, 15) is 8.42 Å². The van der Waals surface area contributed by atoms with E-state index in [0.717, 1.165) is 0 Å². The van der Waals surface area contributed by atoms with Crippen molar-refractivity contribution in [1.82, 2.24) is 4.31 Å². The molecule has 0 spiro atoms. The van der Waals surface area contributed by atoms with Crippen LogP contribution in [0.4, 0.5) is 0 Å². The van der Waals surface area contributed by atoms with E-state index in [1.165, 1.54) is 4.31 Å². The number of alkyl halides is 1. The average Bonchev–Trinajstić information content (AvgIpc) is 2.16. The van der Waals surface area contributed by atoms with E-state index in [-0.39, 0.29) is 0 Å². The Morgan fingerprint density at radius 2 is 1.73 bits per heavy atom. The van der Waals surface area contributed by atoms with Crippen molar-refractivity contribution in [2.45, 2.75) is 24.0 Å². The van der Waals surface area contributed by atoms with E-state index in [1.54, 1.807) is 0 Å². The zero-order valence-corrected chi connectivity index (χ0v) is 11.9. The summed E-state index contributed by atoms with van der Waals surface area (Å²) in [4.78, 5) is 0. The second-order valence-corrected chi connectivity index (χ2v) is 13.5. The molecule has 0 amide bonds. The number of hydrogen-bond donors (Lipinski definition) is 0. The van der Waals surface area contributed by atoms with Crippen LogP contribution in [0.2, 0.25) is 19.6 Å². The van der Waals surface area contributed by atoms with Crippen molar-refractivity contribution in [2.24, 2.45) is 0 Å². The molecule has 1 fully saturated rings. The van der Waals surface area contributed by atoms with Crippen LogP contribution in [0, 0.1) is 0 Å². The summed E-state index contributed by atoms with van der Waals surface area (Å²) in [5, 5.41) is 0. The van der Waals surface area contributed by atoms with Gasteiger partial charge in [-0.15, -0.1) is 11.6 Å². The minimum Gasteiger partial charge on any atom is -0.379 e. The molecule has 1 aliphatic rings. The Bertz CT molecular complexity index is 308. The molecule has 1 aliphatic heterocycles. The van der Waals surface area contributed by atoms with Crippen LogP contribution in [0.3, 0.4) is 0 Å². The normalized spacial score (nSPS) is 22.7. The van der Waals surface area contributed by atoms with Crippen molar-refractivity contribution in [3.63, 3.8) is 0 Å². The van der Waals surface area contributed by atoms with E-state index in [0.29, 0.717) is 26.3 Å². The molecule has 15 heavy (non-hydrogen) atoms. The zero-order chi connectivity index (χ0) is 11.7. The molecule has 0 radical (unpaired) electrons. The fraction of sp³-hybridized carbons (Fsp3) is 1.00. The van der Waals surface area contributed by atoms with Gasteiger partial charge in [-0.25, -0.2) is 8.42 Å². The topological polar surface area (TPSA) is 46.6 Å². The van der Waals surface area contributed by atoms with Gasteiger partial charge in [-0.2, -0.15) is 4.31 Å². The van der Waals surface area contributed by atoms with Gasteiger partial charge in [0, 0.05) is 13.1 Å². The van der Waals surface area contributed by atoms with Crippen LogP contribution >= 0.6 is 11.6 Å². The van der Waals surface area contributed by atoms with Crippen LogP contribution in [-0.2, 0) is 14.8 Å². The highest BCUT2D eigenvalue weighted by Gasteiger charge is 2.40. The molecule has 0 aliphatic carbocycles. The standard InChI is InChI=1S/C8H18ClNO3SSi/c1-15(2,3)8(9)14(11,12)10-4-6-13-7-5-10/h8H,4-7H2,1-3H3. The van der Waals surface area contributed by atoms with Crippen molar-refractivity contribution in [3.8, 4) is 0 Å². The van der Waals surface area contributed by atoms with Crippen molar-refractivity contribution in [2.75, 3.05) is 26.3 Å². The predicted molar refractivity (Wildman–Crippen MR) is 64.3 cm³/mol. The van der Waals surface area contributed by atoms with Crippen LogP contribution in [0.1, 0.15) is 0 Å². The number of hydrogen-bond acceptors (Lipinski definition) is 3. The number of halogens is 1. The molecule has 0 N–H and O–H groups in total. The minimum absolute atomic E-state index is 0.427. The number of rotatable bonds is 3. The third kappa shape index (κ3) is 3.17. The molecule has 0 aromatic rings. The molecule has 0 aromatic heterocycles. The molecule has 1 unspecified atom stereocenters. The van der Waals surface area contributed by atoms with Crippen molar-refractivity contribution < 1.29 is 13.2 Å². The molecular formula is C8H18ClNO3SSi. The van der Waals surface area contributed by atoms with Crippen LogP contribution in [0.5, 0.6) is 0 Å². The predicted octanol–water partition coefficient (Wildman–Crippen LogP) is 1.09. The quantitative estimate of drug-likeness (QED) is 0.570. The second kappa shape index (κ2) is 4.71. The number of nitrogens with zero attached hydrogens (tertiary/aromatic N) is 1. The average molecular weight is 272 g/mol. The van der Waals surface area contributed by atoms with Gasteiger partial charge < -0.3 is 4.74 Å². The lowest BCUT2D eigenvalue weighted by Gasteiger charge is -2.32. The van der Waals surface area contributed by atoms with Gasteiger partial charge in [0.2, 0.25) is 10.0 Å². The summed E-state index contributed by atoms with van der Waals surface area (Å²) >= 11 is 6.07. The highest BCUT2D eigenvalue weighted by Crippen LogP contribution is 2.23. The largest absolute Gasteiger partial charge is 0.379 e. The molecule has 7 heteroatoms. The second-order valence-electron chi connectivity index (χ2n) is 4.74. The van der Waals surface area contributed by atoms with E-state index in [4.69, 9.17) is 16.3 Å². The Kier molecular flexibility index (Phi) is 4.22. The fourth-order valence-corrected chi connectivity index (χ4v) is 6.66. The van der Waals surface area contributed by atoms with Gasteiger partial charge in [0.15, 0.2) is 0 Å². The minimum atomic E-state index is -3.34. The third-order valence-electron chi connectivity index (χ3n) is 2.27. The lowest BCUT2D eigenvalue weighted by atomic mass is 10.5. The van der Waals surface area contributed by atoms with Crippen LogP contribution in [-0.4, -0.2) is 51.4 Å². The van der Waals surface area contributed by atoms with Crippen LogP contribution in [0.15, 0.2) is 0 Å². The van der Waals surface area contributed by atoms with E-state index < -0.39 is 22.4 Å². The first-order valence-electron chi connectivity index (χ1n) is 4.97. The summed E-state index contributed by atoms with van der Waals surface area (Å²) in [6, 6.07) is 0. The monoisotopic (exact) mass is 271 g/mol. The summed E-state index contributed by atoms with van der Waals surface area (Å²) in [6.07, 6.45) is 0. The maximum atomic E-state index is 12.1. The molecule has 1 atom stereocenters. The van der Waals surface area contributed by atoms with Gasteiger partial charge in [0.05, 0.1) is 21.3 Å². The summed E-state index contributed by atoms with van der Waals surface area (Å²) < 4.78 is 30.0. The van der Waals surface area contributed by atoms with Gasteiger partial charge in [0.25, 0.3) is 0 Å². The van der Waals surface area contributed by atoms with Crippen molar-refractivity contribution in [3.05, 3.63) is 0 Å². The summed E-state index contributed by atoms with van der Waals surface area (Å²) in [5.74, 6) is 0. The lowest BCUT2D eigenvalue weighted by molar-refractivity contribution is 0.0731. The Balaban J connectivity index is 2.82. The Morgan fingerprint density at radius 3 is 2.13 bits per heavy atom. The van der Waals surface area contributed by atoms with Crippen LogP contribution in [0.25, 0.3) is 0 Å². The molecule has 1 saturated heterocycles. The highest BCUT2D eigenvalue weighted by atomic mass is 35.5. The Labute approximate surface area is 97.6 Å². The van der Waals surface area contributed by atoms with E-state index in [1.807, 2.05) is 19.6 Å². The van der Waals surface area contributed by atoms with Gasteiger partial charge >= 0.3 is 0 Å².